The van der Waals surface area contributed by atoms with E-state index in [0.717, 1.165) is 19.4 Å². The summed E-state index contributed by atoms with van der Waals surface area (Å²) in [6.07, 6.45) is 2.29. The maximum Gasteiger partial charge on any atom is 0.258 e. The highest BCUT2D eigenvalue weighted by molar-refractivity contribution is 5.77. The first kappa shape index (κ1) is 11.9. The van der Waals surface area contributed by atoms with Gasteiger partial charge in [0.1, 0.15) is 5.75 Å². The van der Waals surface area contributed by atoms with Gasteiger partial charge in [-0.15, -0.1) is 0 Å². The molecule has 0 unspecified atom stereocenters. The SMILES string of the molecule is O=C(COc1ccccc1)NC[C@@H]1CCCO1. The maximum atomic E-state index is 11.5. The first-order chi connectivity index (χ1) is 8.34. The van der Waals surface area contributed by atoms with E-state index in [4.69, 9.17) is 9.47 Å². The summed E-state index contributed by atoms with van der Waals surface area (Å²) in [5.74, 6) is 0.601. The summed E-state index contributed by atoms with van der Waals surface area (Å²) in [5, 5.41) is 2.81. The van der Waals surface area contributed by atoms with Crippen LogP contribution in [0.25, 0.3) is 0 Å². The molecule has 0 spiro atoms. The van der Waals surface area contributed by atoms with Crippen molar-refractivity contribution in [2.45, 2.75) is 18.9 Å². The predicted molar refractivity (Wildman–Crippen MR) is 63.9 cm³/mol. The minimum absolute atomic E-state index is 0.0523. The average Bonchev–Trinajstić information content (AvgIpc) is 2.88. The molecule has 0 saturated carbocycles. The molecule has 4 nitrogen and oxygen atoms in total. The molecule has 0 aliphatic carbocycles. The quantitative estimate of drug-likeness (QED) is 0.838. The van der Waals surface area contributed by atoms with Gasteiger partial charge in [-0.2, -0.15) is 0 Å². The molecule has 92 valence electrons. The number of hydrogen-bond donors (Lipinski definition) is 1. The molecule has 1 aliphatic heterocycles. The number of carbonyl (C=O) groups is 1. The lowest BCUT2D eigenvalue weighted by Crippen LogP contribution is -2.35. The summed E-state index contributed by atoms with van der Waals surface area (Å²) < 4.78 is 10.7. The molecule has 0 bridgehead atoms. The van der Waals surface area contributed by atoms with E-state index in [-0.39, 0.29) is 18.6 Å². The van der Waals surface area contributed by atoms with Crippen LogP contribution in [0.15, 0.2) is 30.3 Å². The number of amides is 1. The summed E-state index contributed by atoms with van der Waals surface area (Å²) >= 11 is 0. The highest BCUT2D eigenvalue weighted by Crippen LogP contribution is 2.10. The molecule has 1 saturated heterocycles. The van der Waals surface area contributed by atoms with E-state index in [0.29, 0.717) is 12.3 Å². The Morgan fingerprint density at radius 1 is 1.41 bits per heavy atom. The lowest BCUT2D eigenvalue weighted by Gasteiger charge is -2.11. The number of ether oxygens (including phenoxy) is 2. The number of para-hydroxylation sites is 1. The number of benzene rings is 1. The summed E-state index contributed by atoms with van der Waals surface area (Å²) in [6, 6.07) is 9.31. The van der Waals surface area contributed by atoms with Gasteiger partial charge < -0.3 is 14.8 Å². The highest BCUT2D eigenvalue weighted by Gasteiger charge is 2.16. The Morgan fingerprint density at radius 2 is 2.24 bits per heavy atom. The van der Waals surface area contributed by atoms with Gasteiger partial charge in [0, 0.05) is 13.2 Å². The molecular formula is C13H17NO3. The van der Waals surface area contributed by atoms with Crippen LogP contribution >= 0.6 is 0 Å². The van der Waals surface area contributed by atoms with E-state index < -0.39 is 0 Å². The first-order valence-corrected chi connectivity index (χ1v) is 5.91. The van der Waals surface area contributed by atoms with Crippen molar-refractivity contribution in [3.05, 3.63) is 30.3 Å². The van der Waals surface area contributed by atoms with Gasteiger partial charge in [-0.05, 0) is 25.0 Å². The van der Waals surface area contributed by atoms with Gasteiger partial charge >= 0.3 is 0 Å². The highest BCUT2D eigenvalue weighted by atomic mass is 16.5. The van der Waals surface area contributed by atoms with Gasteiger partial charge in [0.2, 0.25) is 0 Å². The van der Waals surface area contributed by atoms with Crippen molar-refractivity contribution in [1.29, 1.82) is 0 Å². The Bertz CT molecular complexity index is 347. The largest absolute Gasteiger partial charge is 0.484 e. The molecule has 0 radical (unpaired) electrons. The monoisotopic (exact) mass is 235 g/mol. The molecule has 1 N–H and O–H groups in total. The van der Waals surface area contributed by atoms with Crippen LogP contribution in [-0.2, 0) is 9.53 Å². The molecule has 1 aromatic rings. The van der Waals surface area contributed by atoms with Crippen LogP contribution in [0, 0.1) is 0 Å². The van der Waals surface area contributed by atoms with E-state index in [9.17, 15) is 4.79 Å². The minimum atomic E-state index is -0.107. The third kappa shape index (κ3) is 4.07. The number of rotatable bonds is 5. The Morgan fingerprint density at radius 3 is 2.94 bits per heavy atom. The molecule has 1 aliphatic rings. The van der Waals surface area contributed by atoms with E-state index in [2.05, 4.69) is 5.32 Å². The molecule has 1 amide bonds. The van der Waals surface area contributed by atoms with E-state index in [1.165, 1.54) is 0 Å². The van der Waals surface area contributed by atoms with Crippen LogP contribution in [0.2, 0.25) is 0 Å². The Balaban J connectivity index is 1.64. The van der Waals surface area contributed by atoms with Crippen molar-refractivity contribution in [1.82, 2.24) is 5.32 Å². The molecule has 17 heavy (non-hydrogen) atoms. The fourth-order valence-electron chi connectivity index (χ4n) is 1.75. The van der Waals surface area contributed by atoms with Crippen LogP contribution < -0.4 is 10.1 Å². The molecule has 2 rings (SSSR count). The molecule has 1 atom stereocenters. The molecule has 1 heterocycles. The maximum absolute atomic E-state index is 11.5. The van der Waals surface area contributed by atoms with Crippen molar-refractivity contribution in [2.75, 3.05) is 19.8 Å². The summed E-state index contributed by atoms with van der Waals surface area (Å²) in [4.78, 5) is 11.5. The van der Waals surface area contributed by atoms with Crippen molar-refractivity contribution in [3.8, 4) is 5.75 Å². The molecule has 1 aromatic carbocycles. The Hall–Kier alpha value is -1.55. The van der Waals surface area contributed by atoms with Crippen LogP contribution in [0.1, 0.15) is 12.8 Å². The zero-order chi connectivity index (χ0) is 11.9. The second kappa shape index (κ2) is 6.25. The Labute approximate surface area is 101 Å². The number of carbonyl (C=O) groups excluding carboxylic acids is 1. The van der Waals surface area contributed by atoms with Gasteiger partial charge in [0.15, 0.2) is 6.61 Å². The summed E-state index contributed by atoms with van der Waals surface area (Å²) in [7, 11) is 0. The summed E-state index contributed by atoms with van der Waals surface area (Å²) in [5.41, 5.74) is 0. The lowest BCUT2D eigenvalue weighted by molar-refractivity contribution is -0.123. The van der Waals surface area contributed by atoms with Gasteiger partial charge in [-0.3, -0.25) is 4.79 Å². The predicted octanol–water partition coefficient (Wildman–Crippen LogP) is 1.36. The fourth-order valence-corrected chi connectivity index (χ4v) is 1.75. The molecule has 1 fully saturated rings. The van der Waals surface area contributed by atoms with Crippen LogP contribution in [-0.4, -0.2) is 31.8 Å². The third-order valence-electron chi connectivity index (χ3n) is 2.66. The van der Waals surface area contributed by atoms with Gasteiger partial charge in [-0.25, -0.2) is 0 Å². The second-order valence-electron chi connectivity index (χ2n) is 4.04. The standard InChI is InChI=1S/C13H17NO3/c15-13(14-9-12-7-4-8-16-12)10-17-11-5-2-1-3-6-11/h1-3,5-6,12H,4,7-10H2,(H,14,15)/t12-/m0/s1. The Kier molecular flexibility index (Phi) is 4.38. The van der Waals surface area contributed by atoms with E-state index in [1.807, 2.05) is 30.3 Å². The summed E-state index contributed by atoms with van der Waals surface area (Å²) in [6.45, 7) is 1.44. The van der Waals surface area contributed by atoms with Crippen LogP contribution in [0.3, 0.4) is 0 Å². The zero-order valence-corrected chi connectivity index (χ0v) is 9.72. The number of nitrogens with one attached hydrogen (secondary N) is 1. The number of hydrogen-bond acceptors (Lipinski definition) is 3. The fraction of sp³-hybridized carbons (Fsp3) is 0.462. The van der Waals surface area contributed by atoms with Crippen molar-refractivity contribution in [3.63, 3.8) is 0 Å². The smallest absolute Gasteiger partial charge is 0.258 e. The van der Waals surface area contributed by atoms with Crippen LogP contribution in [0.4, 0.5) is 0 Å². The van der Waals surface area contributed by atoms with Gasteiger partial charge in [0.05, 0.1) is 6.10 Å². The van der Waals surface area contributed by atoms with Crippen molar-refractivity contribution in [2.24, 2.45) is 0 Å². The van der Waals surface area contributed by atoms with E-state index in [1.54, 1.807) is 0 Å². The van der Waals surface area contributed by atoms with Crippen molar-refractivity contribution < 1.29 is 14.3 Å². The lowest BCUT2D eigenvalue weighted by atomic mass is 10.2. The van der Waals surface area contributed by atoms with Gasteiger partial charge in [0.25, 0.3) is 5.91 Å². The topological polar surface area (TPSA) is 47.6 Å². The molecule has 0 aromatic heterocycles. The van der Waals surface area contributed by atoms with Gasteiger partial charge in [-0.1, -0.05) is 18.2 Å². The molecular weight excluding hydrogens is 218 g/mol. The zero-order valence-electron chi connectivity index (χ0n) is 9.72. The third-order valence-corrected chi connectivity index (χ3v) is 2.66. The minimum Gasteiger partial charge on any atom is -0.484 e. The second-order valence-corrected chi connectivity index (χ2v) is 4.04. The van der Waals surface area contributed by atoms with Crippen molar-refractivity contribution >= 4 is 5.91 Å². The average molecular weight is 235 g/mol. The normalized spacial score (nSPS) is 18.9. The van der Waals surface area contributed by atoms with E-state index >= 15 is 0 Å². The molecule has 4 heteroatoms. The first-order valence-electron chi connectivity index (χ1n) is 5.91. The van der Waals surface area contributed by atoms with Crippen LogP contribution in [0.5, 0.6) is 5.75 Å².